The summed E-state index contributed by atoms with van der Waals surface area (Å²) in [5, 5.41) is 17.0. The third-order valence-corrected chi connectivity index (χ3v) is 4.96. The Kier molecular flexibility index (Phi) is 15.3. The molecule has 32 heavy (non-hydrogen) atoms. The van der Waals surface area contributed by atoms with Gasteiger partial charge in [0.05, 0.1) is 6.04 Å². The molecule has 0 saturated heterocycles. The number of amides is 3. The Morgan fingerprint density at radius 2 is 1.28 bits per heavy atom. The first-order valence-corrected chi connectivity index (χ1v) is 11.3. The zero-order valence-corrected chi connectivity index (χ0v) is 19.6. The summed E-state index contributed by atoms with van der Waals surface area (Å²) in [7, 11) is 0. The standard InChI is InChI=1S/C21H42N6O5/c1-13(2)12-17(21(31)32)27-20(30)16(9-5-7-11-23)26-18(28)14(3)25-19(29)15(24)8-4-6-10-22/h13-17H,4-12,22-24H2,1-3H3,(H,25,29)(H,26,28)(H,27,30)(H,31,32)/t14-,15-,16-,17-/m0/s1. The van der Waals surface area contributed by atoms with Gasteiger partial charge in [0.25, 0.3) is 0 Å². The third kappa shape index (κ3) is 12.6. The van der Waals surface area contributed by atoms with Gasteiger partial charge in [-0.05, 0) is 64.5 Å². The molecule has 0 saturated carbocycles. The number of aliphatic carboxylic acids is 1. The molecule has 0 fully saturated rings. The van der Waals surface area contributed by atoms with Crippen LogP contribution in [0, 0.1) is 5.92 Å². The van der Waals surface area contributed by atoms with Crippen LogP contribution in [0.1, 0.15) is 65.7 Å². The Balaban J connectivity index is 5.03. The first-order valence-electron chi connectivity index (χ1n) is 11.3. The van der Waals surface area contributed by atoms with Crippen LogP contribution in [0.3, 0.4) is 0 Å². The molecule has 11 heteroatoms. The van der Waals surface area contributed by atoms with E-state index in [1.165, 1.54) is 6.92 Å². The number of hydrogen-bond acceptors (Lipinski definition) is 7. The minimum absolute atomic E-state index is 0.0611. The van der Waals surface area contributed by atoms with Gasteiger partial charge >= 0.3 is 5.97 Å². The minimum Gasteiger partial charge on any atom is -0.480 e. The van der Waals surface area contributed by atoms with Crippen LogP contribution in [0.2, 0.25) is 0 Å². The number of rotatable bonds is 17. The lowest BCUT2D eigenvalue weighted by atomic mass is 10.0. The van der Waals surface area contributed by atoms with E-state index >= 15 is 0 Å². The number of nitrogens with one attached hydrogen (secondary N) is 3. The van der Waals surface area contributed by atoms with Gasteiger partial charge in [-0.15, -0.1) is 0 Å². The van der Waals surface area contributed by atoms with Crippen molar-refractivity contribution in [2.24, 2.45) is 23.1 Å². The highest BCUT2D eigenvalue weighted by Crippen LogP contribution is 2.08. The first kappa shape index (κ1) is 29.8. The summed E-state index contributed by atoms with van der Waals surface area (Å²) in [5.74, 6) is -2.68. The highest BCUT2D eigenvalue weighted by Gasteiger charge is 2.28. The maximum atomic E-state index is 12.7. The van der Waals surface area contributed by atoms with Crippen molar-refractivity contribution in [1.82, 2.24) is 16.0 Å². The third-order valence-electron chi connectivity index (χ3n) is 4.96. The van der Waals surface area contributed by atoms with Gasteiger partial charge < -0.3 is 38.3 Å². The number of hydrogen-bond donors (Lipinski definition) is 7. The first-order chi connectivity index (χ1) is 15.0. The second kappa shape index (κ2) is 16.4. The summed E-state index contributed by atoms with van der Waals surface area (Å²) < 4.78 is 0. The van der Waals surface area contributed by atoms with Crippen LogP contribution in [0.25, 0.3) is 0 Å². The van der Waals surface area contributed by atoms with Crippen molar-refractivity contribution < 1.29 is 24.3 Å². The summed E-state index contributed by atoms with van der Waals surface area (Å²) in [5.41, 5.74) is 16.8. The van der Waals surface area contributed by atoms with Gasteiger partial charge in [-0.3, -0.25) is 14.4 Å². The normalized spacial score (nSPS) is 14.8. The van der Waals surface area contributed by atoms with Crippen molar-refractivity contribution in [3.63, 3.8) is 0 Å². The lowest BCUT2D eigenvalue weighted by Crippen LogP contribution is -2.56. The average Bonchev–Trinajstić information content (AvgIpc) is 2.71. The molecule has 4 atom stereocenters. The van der Waals surface area contributed by atoms with E-state index in [1.54, 1.807) is 0 Å². The van der Waals surface area contributed by atoms with Gasteiger partial charge in [0, 0.05) is 0 Å². The van der Waals surface area contributed by atoms with Gasteiger partial charge in [-0.25, -0.2) is 4.79 Å². The quantitative estimate of drug-likeness (QED) is 0.137. The van der Waals surface area contributed by atoms with Crippen molar-refractivity contribution in [2.45, 2.75) is 89.9 Å². The zero-order valence-electron chi connectivity index (χ0n) is 19.6. The maximum absolute atomic E-state index is 12.7. The summed E-state index contributed by atoms with van der Waals surface area (Å²) in [4.78, 5) is 49.0. The molecular formula is C21H42N6O5. The average molecular weight is 459 g/mol. The second-order valence-corrected chi connectivity index (χ2v) is 8.50. The molecule has 0 aromatic rings. The van der Waals surface area contributed by atoms with Crippen LogP contribution >= 0.6 is 0 Å². The van der Waals surface area contributed by atoms with E-state index in [1.807, 2.05) is 13.8 Å². The predicted molar refractivity (Wildman–Crippen MR) is 122 cm³/mol. The fraction of sp³-hybridized carbons (Fsp3) is 0.810. The van der Waals surface area contributed by atoms with E-state index in [0.717, 1.165) is 6.42 Å². The Bertz CT molecular complexity index is 601. The molecule has 186 valence electrons. The van der Waals surface area contributed by atoms with Gasteiger partial charge in [-0.1, -0.05) is 20.3 Å². The van der Waals surface area contributed by atoms with Crippen LogP contribution in [0.4, 0.5) is 0 Å². The lowest BCUT2D eigenvalue weighted by Gasteiger charge is -2.24. The maximum Gasteiger partial charge on any atom is 0.326 e. The molecule has 0 aromatic carbocycles. The van der Waals surface area contributed by atoms with Crippen molar-refractivity contribution in [3.8, 4) is 0 Å². The molecule has 10 N–H and O–H groups in total. The van der Waals surface area contributed by atoms with Gasteiger partial charge in [-0.2, -0.15) is 0 Å². The minimum atomic E-state index is -1.14. The van der Waals surface area contributed by atoms with Gasteiger partial charge in [0.1, 0.15) is 18.1 Å². The van der Waals surface area contributed by atoms with Crippen molar-refractivity contribution in [1.29, 1.82) is 0 Å². The molecule has 11 nitrogen and oxygen atoms in total. The molecule has 0 unspecified atom stereocenters. The molecule has 0 bridgehead atoms. The van der Waals surface area contributed by atoms with Crippen LogP contribution in [-0.4, -0.2) is 66.1 Å². The fourth-order valence-electron chi connectivity index (χ4n) is 3.05. The van der Waals surface area contributed by atoms with E-state index in [2.05, 4.69) is 16.0 Å². The Morgan fingerprint density at radius 1 is 0.750 bits per heavy atom. The molecule has 0 radical (unpaired) electrons. The molecule has 0 spiro atoms. The molecule has 0 rings (SSSR count). The lowest BCUT2D eigenvalue weighted by molar-refractivity contribution is -0.142. The SMILES string of the molecule is CC(C)C[C@H](NC(=O)[C@H](CCCCN)NC(=O)[C@H](C)NC(=O)[C@@H](N)CCCCN)C(=O)O. The van der Waals surface area contributed by atoms with E-state index < -0.39 is 47.9 Å². The molecule has 0 aromatic heterocycles. The van der Waals surface area contributed by atoms with E-state index in [4.69, 9.17) is 17.2 Å². The molecular weight excluding hydrogens is 416 g/mol. The summed E-state index contributed by atoms with van der Waals surface area (Å²) in [6.45, 7) is 6.15. The topological polar surface area (TPSA) is 203 Å². The Hall–Kier alpha value is -2.24. The monoisotopic (exact) mass is 458 g/mol. The Labute approximate surface area is 190 Å². The Morgan fingerprint density at radius 3 is 1.78 bits per heavy atom. The van der Waals surface area contributed by atoms with Crippen LogP contribution in [0.5, 0.6) is 0 Å². The summed E-state index contributed by atoms with van der Waals surface area (Å²) in [6.07, 6.45) is 3.69. The summed E-state index contributed by atoms with van der Waals surface area (Å²) in [6, 6.07) is -3.67. The number of carboxylic acids is 1. The highest BCUT2D eigenvalue weighted by molar-refractivity contribution is 5.93. The number of unbranched alkanes of at least 4 members (excludes halogenated alkanes) is 2. The van der Waals surface area contributed by atoms with Crippen molar-refractivity contribution in [3.05, 3.63) is 0 Å². The van der Waals surface area contributed by atoms with E-state index in [9.17, 15) is 24.3 Å². The molecule has 0 aliphatic rings. The van der Waals surface area contributed by atoms with Crippen molar-refractivity contribution in [2.75, 3.05) is 13.1 Å². The number of nitrogens with two attached hydrogens (primary N) is 3. The largest absolute Gasteiger partial charge is 0.480 e. The molecule has 0 aliphatic carbocycles. The van der Waals surface area contributed by atoms with Gasteiger partial charge in [0.15, 0.2) is 0 Å². The predicted octanol–water partition coefficient (Wildman–Crippen LogP) is -0.823. The smallest absolute Gasteiger partial charge is 0.326 e. The zero-order chi connectivity index (χ0) is 24.7. The van der Waals surface area contributed by atoms with Crippen molar-refractivity contribution >= 4 is 23.7 Å². The van der Waals surface area contributed by atoms with E-state index in [-0.39, 0.29) is 12.3 Å². The number of carbonyl (C=O) groups is 4. The fourth-order valence-corrected chi connectivity index (χ4v) is 3.05. The second-order valence-electron chi connectivity index (χ2n) is 8.50. The molecule has 3 amide bonds. The van der Waals surface area contributed by atoms with E-state index in [0.29, 0.717) is 45.2 Å². The number of carbonyl (C=O) groups excluding carboxylic acids is 3. The van der Waals surface area contributed by atoms with Crippen LogP contribution in [0.15, 0.2) is 0 Å². The highest BCUT2D eigenvalue weighted by atomic mass is 16.4. The number of carboxylic acid groups (broad SMARTS) is 1. The molecule has 0 aliphatic heterocycles. The van der Waals surface area contributed by atoms with Gasteiger partial charge in [0.2, 0.25) is 17.7 Å². The molecule has 0 heterocycles. The summed E-state index contributed by atoms with van der Waals surface area (Å²) >= 11 is 0. The van der Waals surface area contributed by atoms with Crippen LogP contribution < -0.4 is 33.2 Å². The van der Waals surface area contributed by atoms with Crippen LogP contribution in [-0.2, 0) is 19.2 Å².